The van der Waals surface area contributed by atoms with Crippen molar-refractivity contribution in [1.82, 2.24) is 10.2 Å². The first-order chi connectivity index (χ1) is 13.0. The van der Waals surface area contributed by atoms with E-state index in [0.717, 1.165) is 32.2 Å². The Labute approximate surface area is 169 Å². The number of nitrogens with one attached hydrogen (secondary N) is 1. The minimum absolute atomic E-state index is 0.0160. The molecule has 3 rings (SSSR count). The lowest BCUT2D eigenvalue weighted by Gasteiger charge is -2.28. The summed E-state index contributed by atoms with van der Waals surface area (Å²) in [6.45, 7) is 5.35. The third kappa shape index (κ3) is 5.42. The molecule has 0 spiro atoms. The molecule has 1 N–H and O–H groups in total. The van der Waals surface area contributed by atoms with E-state index in [1.807, 2.05) is 36.3 Å². The molecule has 2 aromatic heterocycles. The van der Waals surface area contributed by atoms with E-state index in [0.29, 0.717) is 6.54 Å². The normalized spacial score (nSPS) is 19.0. The lowest BCUT2D eigenvalue weighted by molar-refractivity contribution is -0.136. The summed E-state index contributed by atoms with van der Waals surface area (Å²) in [5, 5.41) is 7.17. The van der Waals surface area contributed by atoms with Gasteiger partial charge in [-0.25, -0.2) is 0 Å². The predicted octanol–water partition coefficient (Wildman–Crippen LogP) is 3.97. The van der Waals surface area contributed by atoms with Crippen LogP contribution in [0.15, 0.2) is 35.0 Å². The lowest BCUT2D eigenvalue weighted by atomic mass is 10.0. The Morgan fingerprint density at radius 3 is 2.33 bits per heavy atom. The number of carbonyl (C=O) groups is 2. The molecule has 0 aliphatic carbocycles. The Morgan fingerprint density at radius 2 is 1.74 bits per heavy atom. The summed E-state index contributed by atoms with van der Waals surface area (Å²) < 4.78 is 0. The highest BCUT2D eigenvalue weighted by atomic mass is 32.1. The van der Waals surface area contributed by atoms with Crippen LogP contribution in [0.25, 0.3) is 0 Å². The summed E-state index contributed by atoms with van der Waals surface area (Å²) in [7, 11) is 0. The summed E-state index contributed by atoms with van der Waals surface area (Å²) in [6.07, 6.45) is 3.55. The highest BCUT2D eigenvalue weighted by molar-refractivity contribution is 7.10. The third-order valence-corrected chi connectivity index (χ3v) is 7.01. The summed E-state index contributed by atoms with van der Waals surface area (Å²) in [5.74, 6) is 0.228. The summed E-state index contributed by atoms with van der Waals surface area (Å²) in [4.78, 5) is 29.8. The molecule has 6 heteroatoms. The second-order valence-electron chi connectivity index (χ2n) is 7.44. The summed E-state index contributed by atoms with van der Waals surface area (Å²) >= 11 is 3.39. The van der Waals surface area contributed by atoms with Gasteiger partial charge >= 0.3 is 0 Å². The van der Waals surface area contributed by atoms with E-state index in [-0.39, 0.29) is 29.7 Å². The van der Waals surface area contributed by atoms with Gasteiger partial charge in [-0.2, -0.15) is 0 Å². The van der Waals surface area contributed by atoms with Crippen molar-refractivity contribution in [3.63, 3.8) is 0 Å². The molecule has 3 atom stereocenters. The van der Waals surface area contributed by atoms with Crippen molar-refractivity contribution in [2.45, 2.75) is 45.6 Å². The van der Waals surface area contributed by atoms with Crippen LogP contribution in [0.4, 0.5) is 0 Å². The largest absolute Gasteiger partial charge is 0.354 e. The minimum atomic E-state index is -0.0491. The van der Waals surface area contributed by atoms with Crippen LogP contribution in [-0.2, 0) is 22.4 Å². The van der Waals surface area contributed by atoms with Gasteiger partial charge < -0.3 is 10.2 Å². The molecule has 2 amide bonds. The number of hydrogen-bond donors (Lipinski definition) is 1. The fourth-order valence-corrected chi connectivity index (χ4v) is 5.33. The molecule has 0 radical (unpaired) electrons. The first kappa shape index (κ1) is 20.1. The summed E-state index contributed by atoms with van der Waals surface area (Å²) in [6, 6.07) is 8.33. The van der Waals surface area contributed by atoms with Crippen molar-refractivity contribution in [2.75, 3.05) is 13.1 Å². The zero-order valence-electron chi connectivity index (χ0n) is 16.0. The van der Waals surface area contributed by atoms with Crippen LogP contribution in [0.2, 0.25) is 0 Å². The van der Waals surface area contributed by atoms with E-state index < -0.39 is 0 Å². The van der Waals surface area contributed by atoms with E-state index in [9.17, 15) is 9.59 Å². The smallest absolute Gasteiger partial charge is 0.226 e. The van der Waals surface area contributed by atoms with Crippen molar-refractivity contribution in [3.05, 3.63) is 44.8 Å². The third-order valence-electron chi connectivity index (χ3n) is 5.22. The fraction of sp³-hybridized carbons (Fsp3) is 0.524. The molecule has 1 fully saturated rings. The number of amides is 2. The molecule has 2 aromatic rings. The number of thiophene rings is 2. The van der Waals surface area contributed by atoms with Crippen molar-refractivity contribution in [2.24, 2.45) is 11.8 Å². The molecule has 1 saturated heterocycles. The molecule has 146 valence electrons. The van der Waals surface area contributed by atoms with E-state index in [1.54, 1.807) is 22.7 Å². The number of hydrogen-bond acceptors (Lipinski definition) is 4. The average Bonchev–Trinajstić information content (AvgIpc) is 3.41. The maximum absolute atomic E-state index is 12.9. The van der Waals surface area contributed by atoms with E-state index in [2.05, 4.69) is 22.8 Å². The van der Waals surface area contributed by atoms with Gasteiger partial charge in [-0.1, -0.05) is 26.0 Å². The molecular weight excluding hydrogens is 376 g/mol. The zero-order valence-corrected chi connectivity index (χ0v) is 17.7. The molecule has 1 aliphatic rings. The molecular formula is C21H28N2O2S2. The van der Waals surface area contributed by atoms with Crippen LogP contribution in [0.5, 0.6) is 0 Å². The fourth-order valence-electron chi connectivity index (χ4n) is 3.65. The van der Waals surface area contributed by atoms with Crippen molar-refractivity contribution in [1.29, 1.82) is 0 Å². The van der Waals surface area contributed by atoms with E-state index in [4.69, 9.17) is 0 Å². The Bertz CT molecular complexity index is 727. The highest BCUT2D eigenvalue weighted by Gasteiger charge is 2.32. The van der Waals surface area contributed by atoms with Gasteiger partial charge in [0.25, 0.3) is 0 Å². The standard InChI is InChI=1S/C21H28N2O2S2/c1-15(12-18-7-4-10-26-18)20(24)22-14-17-6-3-9-23(17)21(25)16(2)13-19-8-5-11-27-19/h4-5,7-8,10-11,15-17H,3,6,9,12-14H2,1-2H3,(H,22,24)/t15?,16?,17-/m1/s1. The molecule has 0 saturated carbocycles. The van der Waals surface area contributed by atoms with E-state index in [1.165, 1.54) is 9.75 Å². The second-order valence-corrected chi connectivity index (χ2v) is 9.51. The molecule has 27 heavy (non-hydrogen) atoms. The van der Waals surface area contributed by atoms with Gasteiger partial charge in [0, 0.05) is 40.7 Å². The van der Waals surface area contributed by atoms with Gasteiger partial charge in [0.15, 0.2) is 0 Å². The van der Waals surface area contributed by atoms with Crippen LogP contribution >= 0.6 is 22.7 Å². The quantitative estimate of drug-likeness (QED) is 0.724. The maximum atomic E-state index is 12.9. The Kier molecular flexibility index (Phi) is 7.07. The first-order valence-electron chi connectivity index (χ1n) is 9.67. The Hall–Kier alpha value is -1.66. The average molecular weight is 405 g/mol. The van der Waals surface area contributed by atoms with Gasteiger partial charge in [-0.15, -0.1) is 22.7 Å². The number of rotatable bonds is 8. The van der Waals surface area contributed by atoms with Crippen molar-refractivity contribution >= 4 is 34.5 Å². The topological polar surface area (TPSA) is 49.4 Å². The van der Waals surface area contributed by atoms with Gasteiger partial charge in [-0.05, 0) is 48.6 Å². The highest BCUT2D eigenvalue weighted by Crippen LogP contribution is 2.22. The Morgan fingerprint density at radius 1 is 1.11 bits per heavy atom. The minimum Gasteiger partial charge on any atom is -0.354 e. The van der Waals surface area contributed by atoms with Crippen molar-refractivity contribution < 1.29 is 9.59 Å². The number of carbonyl (C=O) groups excluding carboxylic acids is 2. The maximum Gasteiger partial charge on any atom is 0.226 e. The number of likely N-dealkylation sites (tertiary alicyclic amines) is 1. The van der Waals surface area contributed by atoms with Gasteiger partial charge in [0.1, 0.15) is 0 Å². The number of nitrogens with zero attached hydrogens (tertiary/aromatic N) is 1. The van der Waals surface area contributed by atoms with Crippen LogP contribution in [0, 0.1) is 11.8 Å². The van der Waals surface area contributed by atoms with Crippen molar-refractivity contribution in [3.8, 4) is 0 Å². The Balaban J connectivity index is 1.48. The monoisotopic (exact) mass is 404 g/mol. The van der Waals surface area contributed by atoms with Crippen LogP contribution < -0.4 is 5.32 Å². The first-order valence-corrected chi connectivity index (χ1v) is 11.4. The summed E-state index contributed by atoms with van der Waals surface area (Å²) in [5.41, 5.74) is 0. The second kappa shape index (κ2) is 9.51. The van der Waals surface area contributed by atoms with Crippen LogP contribution in [-0.4, -0.2) is 35.8 Å². The molecule has 2 unspecified atom stereocenters. The van der Waals surface area contributed by atoms with E-state index >= 15 is 0 Å². The van der Waals surface area contributed by atoms with Gasteiger partial charge in [0.05, 0.1) is 0 Å². The SMILES string of the molecule is CC(Cc1cccs1)C(=O)NC[C@H]1CCCN1C(=O)C(C)Cc1cccs1. The van der Waals surface area contributed by atoms with Gasteiger partial charge in [0.2, 0.25) is 11.8 Å². The molecule has 4 nitrogen and oxygen atoms in total. The lowest BCUT2D eigenvalue weighted by Crippen LogP contribution is -2.46. The molecule has 3 heterocycles. The molecule has 0 bridgehead atoms. The van der Waals surface area contributed by atoms with Crippen LogP contribution in [0.1, 0.15) is 36.4 Å². The van der Waals surface area contributed by atoms with Crippen LogP contribution in [0.3, 0.4) is 0 Å². The zero-order chi connectivity index (χ0) is 19.2. The molecule has 0 aromatic carbocycles. The molecule has 1 aliphatic heterocycles. The predicted molar refractivity (Wildman–Crippen MR) is 112 cm³/mol. The van der Waals surface area contributed by atoms with Gasteiger partial charge in [-0.3, -0.25) is 9.59 Å².